The molecule has 0 fully saturated rings. The molecule has 0 aliphatic rings. The first kappa shape index (κ1) is 10.1. The van der Waals surface area contributed by atoms with Crippen LogP contribution in [0.15, 0.2) is 0 Å². The van der Waals surface area contributed by atoms with E-state index in [2.05, 4.69) is 4.74 Å². The molecule has 0 saturated carbocycles. The SMILES string of the molecule is CCCCCOC(=O)C(=O)F. The minimum Gasteiger partial charge on any atom is -0.458 e. The van der Waals surface area contributed by atoms with E-state index in [1.165, 1.54) is 0 Å². The number of rotatable bonds is 5. The first-order chi connectivity index (χ1) is 5.18. The topological polar surface area (TPSA) is 43.4 Å². The zero-order valence-corrected chi connectivity index (χ0v) is 6.43. The molecule has 0 aromatic heterocycles. The van der Waals surface area contributed by atoms with Gasteiger partial charge in [-0.3, -0.25) is 0 Å². The van der Waals surface area contributed by atoms with Gasteiger partial charge in [0, 0.05) is 0 Å². The predicted molar refractivity (Wildman–Crippen MR) is 36.6 cm³/mol. The molecule has 0 unspecified atom stereocenters. The predicted octanol–water partition coefficient (Wildman–Crippen LogP) is 1.22. The van der Waals surface area contributed by atoms with Crippen molar-refractivity contribution in [1.82, 2.24) is 0 Å². The van der Waals surface area contributed by atoms with E-state index in [9.17, 15) is 14.0 Å². The molecule has 0 radical (unpaired) electrons. The van der Waals surface area contributed by atoms with Gasteiger partial charge >= 0.3 is 12.0 Å². The largest absolute Gasteiger partial charge is 0.458 e. The standard InChI is InChI=1S/C7H11FO3/c1-2-3-4-5-11-7(10)6(8)9/h2-5H2,1H3. The van der Waals surface area contributed by atoms with Crippen molar-refractivity contribution < 1.29 is 18.7 Å². The van der Waals surface area contributed by atoms with Crippen LogP contribution in [0.2, 0.25) is 0 Å². The highest BCUT2D eigenvalue weighted by atomic mass is 19.1. The van der Waals surface area contributed by atoms with Gasteiger partial charge in [0.1, 0.15) is 0 Å². The quantitative estimate of drug-likeness (QED) is 0.264. The molecule has 0 spiro atoms. The zero-order valence-electron chi connectivity index (χ0n) is 6.43. The third kappa shape index (κ3) is 5.51. The number of halogens is 1. The number of hydrogen-bond donors (Lipinski definition) is 0. The van der Waals surface area contributed by atoms with Crippen LogP contribution < -0.4 is 0 Å². The molecule has 0 aromatic rings. The minimum absolute atomic E-state index is 0.127. The van der Waals surface area contributed by atoms with E-state index >= 15 is 0 Å². The number of carbonyl (C=O) groups is 2. The maximum atomic E-state index is 11.5. The molecule has 0 aliphatic carbocycles. The van der Waals surface area contributed by atoms with Crippen molar-refractivity contribution in [1.29, 1.82) is 0 Å². The Hall–Kier alpha value is -0.930. The molecule has 0 aliphatic heterocycles. The Kier molecular flexibility index (Phi) is 5.33. The Morgan fingerprint density at radius 2 is 2.00 bits per heavy atom. The summed E-state index contributed by atoms with van der Waals surface area (Å²) in [6.45, 7) is 2.12. The molecular formula is C7H11FO3. The first-order valence-electron chi connectivity index (χ1n) is 3.55. The van der Waals surface area contributed by atoms with Crippen LogP contribution >= 0.6 is 0 Å². The number of carbonyl (C=O) groups excluding carboxylic acids is 2. The number of unbranched alkanes of at least 4 members (excludes halogenated alkanes) is 2. The van der Waals surface area contributed by atoms with E-state index < -0.39 is 12.0 Å². The summed E-state index contributed by atoms with van der Waals surface area (Å²) in [5, 5.41) is 0. The molecule has 4 heteroatoms. The van der Waals surface area contributed by atoms with Crippen LogP contribution in [0.3, 0.4) is 0 Å². The van der Waals surface area contributed by atoms with Crippen molar-refractivity contribution >= 4 is 12.0 Å². The van der Waals surface area contributed by atoms with Gasteiger partial charge in [-0.1, -0.05) is 19.8 Å². The van der Waals surface area contributed by atoms with Crippen molar-refractivity contribution in [2.75, 3.05) is 6.61 Å². The van der Waals surface area contributed by atoms with E-state index in [4.69, 9.17) is 0 Å². The van der Waals surface area contributed by atoms with Gasteiger partial charge in [0.2, 0.25) is 0 Å². The van der Waals surface area contributed by atoms with Gasteiger partial charge in [0.15, 0.2) is 0 Å². The van der Waals surface area contributed by atoms with Crippen molar-refractivity contribution in [3.05, 3.63) is 0 Å². The molecule has 3 nitrogen and oxygen atoms in total. The molecular weight excluding hydrogens is 151 g/mol. The Morgan fingerprint density at radius 1 is 1.36 bits per heavy atom. The molecule has 0 N–H and O–H groups in total. The third-order valence-electron chi connectivity index (χ3n) is 1.14. The molecule has 0 heterocycles. The third-order valence-corrected chi connectivity index (χ3v) is 1.14. The van der Waals surface area contributed by atoms with Gasteiger partial charge in [-0.25, -0.2) is 9.59 Å². The average Bonchev–Trinajstić information content (AvgIpc) is 1.97. The highest BCUT2D eigenvalue weighted by molar-refractivity contribution is 6.29. The van der Waals surface area contributed by atoms with Gasteiger partial charge < -0.3 is 4.74 Å². The normalized spacial score (nSPS) is 9.27. The zero-order chi connectivity index (χ0) is 8.69. The average molecular weight is 162 g/mol. The van der Waals surface area contributed by atoms with Crippen LogP contribution in [-0.2, 0) is 14.3 Å². The van der Waals surface area contributed by atoms with Crippen molar-refractivity contribution in [2.24, 2.45) is 0 Å². The molecule has 0 saturated heterocycles. The second kappa shape index (κ2) is 5.82. The lowest BCUT2D eigenvalue weighted by Crippen LogP contribution is -2.13. The first-order valence-corrected chi connectivity index (χ1v) is 3.55. The molecule has 11 heavy (non-hydrogen) atoms. The summed E-state index contributed by atoms with van der Waals surface area (Å²) in [5.41, 5.74) is 0. The fraction of sp³-hybridized carbons (Fsp3) is 0.714. The number of esters is 1. The molecule has 0 amide bonds. The Balaban J connectivity index is 3.25. The molecule has 0 aromatic carbocycles. The van der Waals surface area contributed by atoms with E-state index in [-0.39, 0.29) is 6.61 Å². The highest BCUT2D eigenvalue weighted by Gasteiger charge is 2.12. The van der Waals surface area contributed by atoms with Crippen LogP contribution in [0, 0.1) is 0 Å². The van der Waals surface area contributed by atoms with Crippen LogP contribution in [0.4, 0.5) is 4.39 Å². The maximum Gasteiger partial charge on any atom is 0.409 e. The molecule has 0 atom stereocenters. The lowest BCUT2D eigenvalue weighted by molar-refractivity contribution is -0.159. The van der Waals surface area contributed by atoms with Gasteiger partial charge in [-0.15, -0.1) is 0 Å². The van der Waals surface area contributed by atoms with Crippen LogP contribution in [0.25, 0.3) is 0 Å². The monoisotopic (exact) mass is 162 g/mol. The van der Waals surface area contributed by atoms with E-state index in [1.807, 2.05) is 6.92 Å². The van der Waals surface area contributed by atoms with Crippen molar-refractivity contribution in [3.63, 3.8) is 0 Å². The van der Waals surface area contributed by atoms with Crippen molar-refractivity contribution in [3.8, 4) is 0 Å². The Labute approximate surface area is 64.5 Å². The summed E-state index contributed by atoms with van der Waals surface area (Å²) in [7, 11) is 0. The van der Waals surface area contributed by atoms with E-state index in [0.29, 0.717) is 6.42 Å². The smallest absolute Gasteiger partial charge is 0.409 e. The van der Waals surface area contributed by atoms with Crippen molar-refractivity contribution in [2.45, 2.75) is 26.2 Å². The maximum absolute atomic E-state index is 11.5. The minimum atomic E-state index is -2.03. The van der Waals surface area contributed by atoms with E-state index in [0.717, 1.165) is 12.8 Å². The summed E-state index contributed by atoms with van der Waals surface area (Å²) in [4.78, 5) is 19.8. The lowest BCUT2D eigenvalue weighted by atomic mass is 10.3. The van der Waals surface area contributed by atoms with E-state index in [1.54, 1.807) is 0 Å². The second-order valence-electron chi connectivity index (χ2n) is 2.12. The van der Waals surface area contributed by atoms with Gasteiger partial charge in [-0.05, 0) is 6.42 Å². The van der Waals surface area contributed by atoms with Gasteiger partial charge in [0.25, 0.3) is 0 Å². The summed E-state index contributed by atoms with van der Waals surface area (Å²) in [5.74, 6) is -1.39. The van der Waals surface area contributed by atoms with Crippen LogP contribution in [-0.4, -0.2) is 18.6 Å². The molecule has 0 bridgehead atoms. The van der Waals surface area contributed by atoms with Crippen LogP contribution in [0.1, 0.15) is 26.2 Å². The molecule has 0 rings (SSSR count). The Bertz CT molecular complexity index is 145. The second-order valence-corrected chi connectivity index (χ2v) is 2.12. The fourth-order valence-corrected chi connectivity index (χ4v) is 0.574. The lowest BCUT2D eigenvalue weighted by Gasteiger charge is -1.98. The molecule has 64 valence electrons. The number of ether oxygens (including phenoxy) is 1. The summed E-state index contributed by atoms with van der Waals surface area (Å²) < 4.78 is 15.7. The summed E-state index contributed by atoms with van der Waals surface area (Å²) in [6.07, 6.45) is 2.57. The van der Waals surface area contributed by atoms with Gasteiger partial charge in [0.05, 0.1) is 6.61 Å². The summed E-state index contributed by atoms with van der Waals surface area (Å²) in [6, 6.07) is -2.03. The number of hydrogen-bond acceptors (Lipinski definition) is 3. The summed E-state index contributed by atoms with van der Waals surface area (Å²) >= 11 is 0. The van der Waals surface area contributed by atoms with Gasteiger partial charge in [-0.2, -0.15) is 4.39 Å². The van der Waals surface area contributed by atoms with Crippen LogP contribution in [0.5, 0.6) is 0 Å². The Morgan fingerprint density at radius 3 is 2.45 bits per heavy atom. The fourth-order valence-electron chi connectivity index (χ4n) is 0.574. The highest BCUT2D eigenvalue weighted by Crippen LogP contribution is 1.94.